The number of carbonyl (C=O) groups is 1. The summed E-state index contributed by atoms with van der Waals surface area (Å²) < 4.78 is 5.82. The molecular weight excluding hydrogens is 430 g/mol. The summed E-state index contributed by atoms with van der Waals surface area (Å²) in [5, 5.41) is 3.12. The van der Waals surface area contributed by atoms with Crippen LogP contribution in [0.25, 0.3) is 10.4 Å². The van der Waals surface area contributed by atoms with E-state index in [-0.39, 0.29) is 5.91 Å². The third-order valence-corrected chi connectivity index (χ3v) is 7.74. The topological polar surface area (TPSA) is 44.8 Å². The molecule has 1 saturated heterocycles. The highest BCUT2D eigenvalue weighted by Crippen LogP contribution is 2.42. The maximum Gasteiger partial charge on any atom is 0.261 e. The highest BCUT2D eigenvalue weighted by atomic mass is 32.1. The Morgan fingerprint density at radius 2 is 2.03 bits per heavy atom. The number of nitrogens with zero attached hydrogens (tertiary/aromatic N) is 2. The van der Waals surface area contributed by atoms with E-state index in [0.717, 1.165) is 59.2 Å². The largest absolute Gasteiger partial charge is 0.488 e. The molecule has 2 aliphatic rings. The van der Waals surface area contributed by atoms with Gasteiger partial charge in [0.2, 0.25) is 0 Å². The number of hydrogen-bond donors (Lipinski definition) is 1. The van der Waals surface area contributed by atoms with Crippen molar-refractivity contribution >= 4 is 22.9 Å². The minimum atomic E-state index is 0.0181. The summed E-state index contributed by atoms with van der Waals surface area (Å²) in [4.78, 5) is 19.7. The van der Waals surface area contributed by atoms with Gasteiger partial charge in [0, 0.05) is 53.9 Å². The Balaban J connectivity index is 1.09. The van der Waals surface area contributed by atoms with Gasteiger partial charge in [-0.15, -0.1) is 11.3 Å². The molecule has 0 saturated carbocycles. The number of thiophene rings is 1. The quantitative estimate of drug-likeness (QED) is 0.528. The maximum atomic E-state index is 12.7. The van der Waals surface area contributed by atoms with Crippen LogP contribution < -0.4 is 15.0 Å². The van der Waals surface area contributed by atoms with Gasteiger partial charge in [-0.1, -0.05) is 24.3 Å². The van der Waals surface area contributed by atoms with Gasteiger partial charge in [-0.05, 0) is 62.7 Å². The molecule has 172 valence electrons. The number of para-hydroxylation sites is 1. The molecule has 5 nitrogen and oxygen atoms in total. The van der Waals surface area contributed by atoms with Crippen molar-refractivity contribution in [1.29, 1.82) is 0 Å². The lowest BCUT2D eigenvalue weighted by Crippen LogP contribution is -2.52. The summed E-state index contributed by atoms with van der Waals surface area (Å²) >= 11 is 1.56. The van der Waals surface area contributed by atoms with Crippen LogP contribution in [-0.4, -0.2) is 49.6 Å². The first-order valence-electron chi connectivity index (χ1n) is 11.8. The Morgan fingerprint density at radius 1 is 1.15 bits per heavy atom. The van der Waals surface area contributed by atoms with Gasteiger partial charge < -0.3 is 15.0 Å². The summed E-state index contributed by atoms with van der Waals surface area (Å²) in [6, 6.07) is 19.3. The average molecular weight is 462 g/mol. The molecule has 3 heterocycles. The van der Waals surface area contributed by atoms with Crippen molar-refractivity contribution in [2.75, 3.05) is 37.6 Å². The Hall–Kier alpha value is -2.83. The number of fused-ring (bicyclic) bond motifs is 3. The summed E-state index contributed by atoms with van der Waals surface area (Å²) in [5.41, 5.74) is 4.81. The van der Waals surface area contributed by atoms with E-state index < -0.39 is 0 Å². The van der Waals surface area contributed by atoms with Crippen molar-refractivity contribution in [3.63, 3.8) is 0 Å². The van der Waals surface area contributed by atoms with Crippen LogP contribution >= 0.6 is 11.3 Å². The smallest absolute Gasteiger partial charge is 0.261 e. The average Bonchev–Trinajstić information content (AvgIpc) is 3.27. The van der Waals surface area contributed by atoms with E-state index in [9.17, 15) is 4.79 Å². The predicted molar refractivity (Wildman–Crippen MR) is 135 cm³/mol. The lowest BCUT2D eigenvalue weighted by Gasteiger charge is -2.41. The van der Waals surface area contributed by atoms with E-state index in [1.807, 2.05) is 24.3 Å². The van der Waals surface area contributed by atoms with Crippen molar-refractivity contribution in [3.05, 3.63) is 70.6 Å². The Labute approximate surface area is 200 Å². The number of amides is 1. The number of piperazine rings is 1. The van der Waals surface area contributed by atoms with E-state index in [1.165, 1.54) is 11.3 Å². The molecule has 0 spiro atoms. The SMILES string of the molecule is Cc1cccc(N2CCN(CCCNC(=O)c3cc4c(s3)-c3ccccc3OC4)CC2C)c1. The van der Waals surface area contributed by atoms with Crippen LogP contribution in [0.4, 0.5) is 5.69 Å². The molecule has 1 amide bonds. The van der Waals surface area contributed by atoms with Gasteiger partial charge in [0.15, 0.2) is 0 Å². The Kier molecular flexibility index (Phi) is 6.38. The molecule has 1 N–H and O–H groups in total. The van der Waals surface area contributed by atoms with Crippen LogP contribution in [-0.2, 0) is 6.61 Å². The molecule has 1 unspecified atom stereocenters. The van der Waals surface area contributed by atoms with Crippen molar-refractivity contribution in [1.82, 2.24) is 10.2 Å². The zero-order valence-electron chi connectivity index (χ0n) is 19.3. The second kappa shape index (κ2) is 9.57. The Bertz CT molecular complexity index is 1140. The molecule has 0 bridgehead atoms. The maximum absolute atomic E-state index is 12.7. The van der Waals surface area contributed by atoms with Crippen LogP contribution in [0.15, 0.2) is 54.6 Å². The second-order valence-corrected chi connectivity index (χ2v) is 10.1. The van der Waals surface area contributed by atoms with Crippen molar-refractivity contribution in [3.8, 4) is 16.2 Å². The molecular formula is C27H31N3O2S. The second-order valence-electron chi connectivity index (χ2n) is 9.04. The number of aryl methyl sites for hydroxylation is 1. The molecule has 0 radical (unpaired) electrons. The van der Waals surface area contributed by atoms with Gasteiger partial charge in [-0.25, -0.2) is 0 Å². The molecule has 1 fully saturated rings. The summed E-state index contributed by atoms with van der Waals surface area (Å²) in [6.45, 7) is 9.84. The zero-order chi connectivity index (χ0) is 22.8. The first-order valence-corrected chi connectivity index (χ1v) is 12.6. The van der Waals surface area contributed by atoms with E-state index in [1.54, 1.807) is 11.3 Å². The molecule has 33 heavy (non-hydrogen) atoms. The van der Waals surface area contributed by atoms with E-state index in [2.05, 4.69) is 59.3 Å². The minimum absolute atomic E-state index is 0.0181. The van der Waals surface area contributed by atoms with Crippen molar-refractivity contribution in [2.45, 2.75) is 32.9 Å². The molecule has 2 aliphatic heterocycles. The number of nitrogens with one attached hydrogen (secondary N) is 1. The highest BCUT2D eigenvalue weighted by molar-refractivity contribution is 7.17. The Morgan fingerprint density at radius 3 is 2.88 bits per heavy atom. The summed E-state index contributed by atoms with van der Waals surface area (Å²) in [6.07, 6.45) is 0.958. The molecule has 3 aromatic rings. The van der Waals surface area contributed by atoms with E-state index in [0.29, 0.717) is 19.2 Å². The van der Waals surface area contributed by atoms with Gasteiger partial charge in [-0.3, -0.25) is 9.69 Å². The molecule has 1 aromatic heterocycles. The fraction of sp³-hybridized carbons (Fsp3) is 0.370. The first-order chi connectivity index (χ1) is 16.1. The molecule has 2 aromatic carbocycles. The van der Waals surface area contributed by atoms with Gasteiger partial charge in [-0.2, -0.15) is 0 Å². The fourth-order valence-corrected chi connectivity index (χ4v) is 5.94. The van der Waals surface area contributed by atoms with Gasteiger partial charge >= 0.3 is 0 Å². The minimum Gasteiger partial charge on any atom is -0.488 e. The lowest BCUT2D eigenvalue weighted by atomic mass is 10.1. The van der Waals surface area contributed by atoms with Gasteiger partial charge in [0.1, 0.15) is 12.4 Å². The van der Waals surface area contributed by atoms with E-state index in [4.69, 9.17) is 4.74 Å². The van der Waals surface area contributed by atoms with Gasteiger partial charge in [0.25, 0.3) is 5.91 Å². The van der Waals surface area contributed by atoms with Crippen LogP contribution in [0.5, 0.6) is 5.75 Å². The van der Waals surface area contributed by atoms with Crippen molar-refractivity contribution in [2.24, 2.45) is 0 Å². The molecule has 6 heteroatoms. The number of benzene rings is 2. The number of anilines is 1. The number of hydrogen-bond acceptors (Lipinski definition) is 5. The number of rotatable bonds is 6. The number of ether oxygens (including phenoxy) is 1. The monoisotopic (exact) mass is 461 g/mol. The predicted octanol–water partition coefficient (Wildman–Crippen LogP) is 4.95. The fourth-order valence-electron chi connectivity index (χ4n) is 4.83. The summed E-state index contributed by atoms with van der Waals surface area (Å²) in [7, 11) is 0. The molecule has 0 aliphatic carbocycles. The van der Waals surface area contributed by atoms with Crippen LogP contribution in [0.1, 0.15) is 34.1 Å². The lowest BCUT2D eigenvalue weighted by molar-refractivity contribution is 0.0955. The van der Waals surface area contributed by atoms with Crippen LogP contribution in [0.3, 0.4) is 0 Å². The van der Waals surface area contributed by atoms with Crippen molar-refractivity contribution < 1.29 is 9.53 Å². The molecule has 5 rings (SSSR count). The highest BCUT2D eigenvalue weighted by Gasteiger charge is 2.24. The molecule has 1 atom stereocenters. The zero-order valence-corrected chi connectivity index (χ0v) is 20.2. The van der Waals surface area contributed by atoms with E-state index >= 15 is 0 Å². The standard InChI is InChI=1S/C27H31N3O2S/c1-19-7-5-8-22(15-19)30-14-13-29(17-20(30)2)12-6-11-28-27(31)25-16-21-18-32-24-10-4-3-9-23(24)26(21)33-25/h3-5,7-10,15-16,20H,6,11-14,17-18H2,1-2H3,(H,28,31). The normalized spacial score (nSPS) is 17.8. The number of carbonyl (C=O) groups excluding carboxylic acids is 1. The third kappa shape index (κ3) is 4.77. The van der Waals surface area contributed by atoms with Gasteiger partial charge in [0.05, 0.1) is 4.88 Å². The third-order valence-electron chi connectivity index (χ3n) is 6.53. The van der Waals surface area contributed by atoms with Crippen LogP contribution in [0.2, 0.25) is 0 Å². The summed E-state index contributed by atoms with van der Waals surface area (Å²) in [5.74, 6) is 0.917. The first kappa shape index (κ1) is 22.0. The van der Waals surface area contributed by atoms with Crippen LogP contribution in [0, 0.1) is 6.92 Å².